The Labute approximate surface area is 213 Å². The van der Waals surface area contributed by atoms with Gasteiger partial charge < -0.3 is 9.84 Å². The predicted octanol–water partition coefficient (Wildman–Crippen LogP) is 4.41. The number of nitrogens with zero attached hydrogens (tertiary/aromatic N) is 2. The molecule has 0 radical (unpaired) electrons. The Kier molecular flexibility index (Phi) is 7.46. The Balaban J connectivity index is 1.64. The normalized spacial score (nSPS) is 30.0. The highest BCUT2D eigenvalue weighted by Crippen LogP contribution is 2.55. The van der Waals surface area contributed by atoms with Crippen LogP contribution in [0, 0.1) is 29.1 Å². The average Bonchev–Trinajstić information content (AvgIpc) is 3.11. The Morgan fingerprint density at radius 1 is 1.33 bits per heavy atom. The van der Waals surface area contributed by atoms with Crippen LogP contribution in [0.3, 0.4) is 0 Å². The molecular formula is C27H28ClF2N3O3. The molecule has 0 bridgehead atoms. The van der Waals surface area contributed by atoms with E-state index in [1.807, 2.05) is 18.2 Å². The first-order chi connectivity index (χ1) is 17.1. The Bertz CT molecular complexity index is 1180. The van der Waals surface area contributed by atoms with Crippen molar-refractivity contribution in [3.63, 3.8) is 0 Å². The van der Waals surface area contributed by atoms with Crippen molar-refractivity contribution in [2.45, 2.75) is 43.9 Å². The average molecular weight is 516 g/mol. The van der Waals surface area contributed by atoms with Gasteiger partial charge in [0.25, 0.3) is 5.92 Å². The Hall–Kier alpha value is -2.86. The number of allylic oxidation sites excluding steroid dienone is 1. The molecule has 1 aromatic carbocycles. The molecule has 1 aliphatic heterocycles. The van der Waals surface area contributed by atoms with Gasteiger partial charge in [-0.3, -0.25) is 15.1 Å². The van der Waals surface area contributed by atoms with Gasteiger partial charge in [0.1, 0.15) is 11.6 Å². The summed E-state index contributed by atoms with van der Waals surface area (Å²) in [5.41, 5.74) is 0.989. The van der Waals surface area contributed by atoms with E-state index >= 15 is 8.78 Å². The van der Waals surface area contributed by atoms with Crippen LogP contribution in [-0.4, -0.2) is 52.2 Å². The molecule has 2 heterocycles. The molecule has 190 valence electrons. The fourth-order valence-electron chi connectivity index (χ4n) is 5.44. The van der Waals surface area contributed by atoms with E-state index in [0.29, 0.717) is 11.3 Å². The highest BCUT2D eigenvalue weighted by Gasteiger charge is 2.67. The van der Waals surface area contributed by atoms with Crippen LogP contribution in [-0.2, 0) is 9.53 Å². The van der Waals surface area contributed by atoms with E-state index in [4.69, 9.17) is 16.3 Å². The molecule has 2 N–H and O–H groups in total. The lowest BCUT2D eigenvalue weighted by molar-refractivity contribution is -0.160. The molecular weight excluding hydrogens is 488 g/mol. The van der Waals surface area contributed by atoms with E-state index in [9.17, 15) is 15.2 Å². The number of hydrogen-bond donors (Lipinski definition) is 2. The van der Waals surface area contributed by atoms with Crippen LogP contribution >= 0.6 is 11.6 Å². The molecule has 0 spiro atoms. The number of benzene rings is 1. The fourth-order valence-corrected chi connectivity index (χ4v) is 5.55. The van der Waals surface area contributed by atoms with Crippen molar-refractivity contribution >= 4 is 23.6 Å². The number of ether oxygens (including phenoxy) is 1. The number of hydrogen-bond acceptors (Lipinski definition) is 6. The van der Waals surface area contributed by atoms with Gasteiger partial charge in [0, 0.05) is 48.0 Å². The molecule has 6 atom stereocenters. The molecule has 0 amide bonds. The first-order valence-electron chi connectivity index (χ1n) is 11.8. The number of carbonyl (C=O) groups excluding carboxylic acids is 1. The van der Waals surface area contributed by atoms with Crippen molar-refractivity contribution in [3.8, 4) is 17.2 Å². The summed E-state index contributed by atoms with van der Waals surface area (Å²) in [6.45, 7) is 3.09. The van der Waals surface area contributed by atoms with Gasteiger partial charge in [0.05, 0.1) is 23.4 Å². The third kappa shape index (κ3) is 4.75. The Morgan fingerprint density at radius 2 is 2.08 bits per heavy atom. The number of aliphatic hydroxyl groups excluding tert-OH is 1. The molecule has 2 aromatic rings. The highest BCUT2D eigenvalue weighted by molar-refractivity contribution is 6.18. The standard InChI is InChI=1S/C27H28ClF2N3O3/c1-16-22(10-9-20-8-7-19(13-32-20)23-6-4-3-5-18(23)12-31)24-17(2)36-25(35)26(24,15-27(16,29)30)33-14-21(34)11-28/h3-10,13,16-17,21-22,24,33-34H,11,14-15H2,1-2H3/t16-,17+,21?,22-,24-,26-/m0/s1. The van der Waals surface area contributed by atoms with Crippen LogP contribution in [0.25, 0.3) is 17.2 Å². The molecule has 2 fully saturated rings. The number of aliphatic hydroxyl groups is 1. The minimum Gasteiger partial charge on any atom is -0.461 e. The zero-order valence-electron chi connectivity index (χ0n) is 20.0. The predicted molar refractivity (Wildman–Crippen MR) is 132 cm³/mol. The number of halogens is 3. The highest BCUT2D eigenvalue weighted by atomic mass is 35.5. The summed E-state index contributed by atoms with van der Waals surface area (Å²) in [7, 11) is 0. The number of pyridine rings is 1. The smallest absolute Gasteiger partial charge is 0.327 e. The molecule has 9 heteroatoms. The van der Waals surface area contributed by atoms with Gasteiger partial charge in [0.2, 0.25) is 0 Å². The van der Waals surface area contributed by atoms with Crippen LogP contribution in [0.2, 0.25) is 0 Å². The molecule has 36 heavy (non-hydrogen) atoms. The van der Waals surface area contributed by atoms with Crippen LogP contribution in [0.1, 0.15) is 31.5 Å². The number of rotatable bonds is 7. The molecule has 1 saturated heterocycles. The second-order valence-electron chi connectivity index (χ2n) is 9.59. The molecule has 2 aliphatic rings. The third-order valence-electron chi connectivity index (χ3n) is 7.37. The van der Waals surface area contributed by atoms with Gasteiger partial charge >= 0.3 is 5.97 Å². The van der Waals surface area contributed by atoms with Crippen LogP contribution in [0.4, 0.5) is 8.78 Å². The first-order valence-corrected chi connectivity index (χ1v) is 12.4. The zero-order chi connectivity index (χ0) is 26.1. The summed E-state index contributed by atoms with van der Waals surface area (Å²) in [5, 5.41) is 22.2. The van der Waals surface area contributed by atoms with E-state index < -0.39 is 53.8 Å². The topological polar surface area (TPSA) is 95.2 Å². The summed E-state index contributed by atoms with van der Waals surface area (Å²) < 4.78 is 36.0. The van der Waals surface area contributed by atoms with Crippen LogP contribution in [0.5, 0.6) is 0 Å². The minimum atomic E-state index is -3.15. The first kappa shape index (κ1) is 26.2. The maximum atomic E-state index is 15.3. The molecule has 6 nitrogen and oxygen atoms in total. The third-order valence-corrected chi connectivity index (χ3v) is 7.73. The summed E-state index contributed by atoms with van der Waals surface area (Å²) in [6.07, 6.45) is 2.71. The van der Waals surface area contributed by atoms with Crippen molar-refractivity contribution in [2.24, 2.45) is 17.8 Å². The molecule has 1 unspecified atom stereocenters. The van der Waals surface area contributed by atoms with E-state index in [2.05, 4.69) is 16.4 Å². The van der Waals surface area contributed by atoms with E-state index in [-0.39, 0.29) is 12.4 Å². The lowest BCUT2D eigenvalue weighted by atomic mass is 9.60. The molecule has 4 rings (SSSR count). The number of esters is 1. The number of nitrogens with one attached hydrogen (secondary N) is 1. The maximum Gasteiger partial charge on any atom is 0.327 e. The van der Waals surface area contributed by atoms with Gasteiger partial charge in [-0.1, -0.05) is 37.3 Å². The van der Waals surface area contributed by atoms with Gasteiger partial charge in [-0.25, -0.2) is 8.78 Å². The number of aromatic nitrogens is 1. The second kappa shape index (κ2) is 10.3. The van der Waals surface area contributed by atoms with Gasteiger partial charge in [-0.15, -0.1) is 11.6 Å². The zero-order valence-corrected chi connectivity index (χ0v) is 20.8. The number of nitriles is 1. The van der Waals surface area contributed by atoms with Crippen molar-refractivity contribution in [2.75, 3.05) is 12.4 Å². The summed E-state index contributed by atoms with van der Waals surface area (Å²) in [5.74, 6) is -6.28. The lowest BCUT2D eigenvalue weighted by Crippen LogP contribution is -2.65. The van der Waals surface area contributed by atoms with E-state index in [1.54, 1.807) is 43.5 Å². The van der Waals surface area contributed by atoms with Crippen LogP contribution < -0.4 is 5.32 Å². The monoisotopic (exact) mass is 515 g/mol. The summed E-state index contributed by atoms with van der Waals surface area (Å²) in [4.78, 5) is 17.3. The molecule has 1 aliphatic carbocycles. The van der Waals surface area contributed by atoms with Crippen LogP contribution in [0.15, 0.2) is 48.7 Å². The van der Waals surface area contributed by atoms with Crippen molar-refractivity contribution < 1.29 is 23.4 Å². The second-order valence-corrected chi connectivity index (χ2v) is 9.90. The largest absolute Gasteiger partial charge is 0.461 e. The van der Waals surface area contributed by atoms with E-state index in [0.717, 1.165) is 11.1 Å². The SMILES string of the molecule is C[C@H]1OC(=O)[C@]2(NCC(O)CCl)CC(F)(F)[C@@H](C)[C@H](C=Cc3ccc(-c4ccccc4C#N)cn3)[C@H]12. The fraction of sp³-hybridized carbons (Fsp3) is 0.444. The molecule has 1 saturated carbocycles. The number of cyclic esters (lactones) is 1. The van der Waals surface area contributed by atoms with Crippen molar-refractivity contribution in [1.29, 1.82) is 5.26 Å². The summed E-state index contributed by atoms with van der Waals surface area (Å²) >= 11 is 5.68. The number of fused-ring (bicyclic) bond motifs is 1. The molecule has 1 aromatic heterocycles. The summed E-state index contributed by atoms with van der Waals surface area (Å²) in [6, 6.07) is 12.9. The van der Waals surface area contributed by atoms with Crippen molar-refractivity contribution in [3.05, 3.63) is 59.9 Å². The number of β-amino-alcohol motifs (C(OH)–C–C–N with tert-alkyl or cyclic N) is 1. The minimum absolute atomic E-state index is 0.0883. The lowest BCUT2D eigenvalue weighted by Gasteiger charge is -2.48. The van der Waals surface area contributed by atoms with Crippen molar-refractivity contribution in [1.82, 2.24) is 10.3 Å². The Morgan fingerprint density at radius 3 is 2.75 bits per heavy atom. The van der Waals surface area contributed by atoms with Gasteiger partial charge in [-0.05, 0) is 31.1 Å². The number of alkyl halides is 3. The maximum absolute atomic E-state index is 15.3. The van der Waals surface area contributed by atoms with Gasteiger partial charge in [0.15, 0.2) is 0 Å². The number of carbonyl (C=O) groups is 1. The van der Waals surface area contributed by atoms with Gasteiger partial charge in [-0.2, -0.15) is 5.26 Å². The van der Waals surface area contributed by atoms with E-state index in [1.165, 1.54) is 6.92 Å². The quantitative estimate of drug-likeness (QED) is 0.419.